The summed E-state index contributed by atoms with van der Waals surface area (Å²) in [4.78, 5) is 52.4. The molecule has 9 nitrogen and oxygen atoms in total. The summed E-state index contributed by atoms with van der Waals surface area (Å²) in [5.74, 6) is -1.72. The van der Waals surface area contributed by atoms with Gasteiger partial charge in [-0.1, -0.05) is 12.1 Å². The van der Waals surface area contributed by atoms with E-state index in [0.717, 1.165) is 0 Å². The molecule has 0 unspecified atom stereocenters. The van der Waals surface area contributed by atoms with E-state index >= 15 is 0 Å². The summed E-state index contributed by atoms with van der Waals surface area (Å²) < 4.78 is 29.9. The number of amides is 1. The maximum absolute atomic E-state index is 14.1. The number of anilines is 1. The second-order valence-electron chi connectivity index (χ2n) is 8.47. The highest BCUT2D eigenvalue weighted by Crippen LogP contribution is 2.34. The van der Waals surface area contributed by atoms with Gasteiger partial charge in [-0.3, -0.25) is 14.4 Å². The van der Waals surface area contributed by atoms with Crippen LogP contribution < -0.4 is 20.0 Å². The van der Waals surface area contributed by atoms with Crippen LogP contribution in [0.2, 0.25) is 0 Å². The number of aryl methyl sites for hydroxylation is 1. The number of carbonyl (C=O) groups is 3. The standard InChI is InChI=1S/C26H25FN2O7/c1-15-19(14-24(32)29-10-8-28(9-11-29)21-7-5-4-6-20(21)27)26(33)36-23-13-18(34-16(2)30)12-22(25(15)23)35-17(3)31/h4-7,12-13H,8-11,14H2,1-3H3. The molecule has 4 rings (SSSR count). The van der Waals surface area contributed by atoms with Gasteiger partial charge in [-0.15, -0.1) is 0 Å². The van der Waals surface area contributed by atoms with E-state index in [0.29, 0.717) is 42.8 Å². The van der Waals surface area contributed by atoms with Crippen LogP contribution in [-0.4, -0.2) is 48.9 Å². The van der Waals surface area contributed by atoms with E-state index < -0.39 is 17.6 Å². The molecule has 10 heteroatoms. The molecule has 0 atom stereocenters. The van der Waals surface area contributed by atoms with Crippen LogP contribution in [0.3, 0.4) is 0 Å². The Kier molecular flexibility index (Phi) is 7.05. The third-order valence-electron chi connectivity index (χ3n) is 5.99. The minimum absolute atomic E-state index is 0.0460. The average molecular weight is 496 g/mol. The van der Waals surface area contributed by atoms with Gasteiger partial charge in [0.05, 0.1) is 23.1 Å². The number of rotatable bonds is 5. The van der Waals surface area contributed by atoms with Crippen LogP contribution in [0, 0.1) is 12.7 Å². The number of carbonyl (C=O) groups excluding carboxylic acids is 3. The number of fused-ring (bicyclic) bond motifs is 1. The van der Waals surface area contributed by atoms with E-state index in [9.17, 15) is 23.6 Å². The molecule has 1 fully saturated rings. The first-order valence-corrected chi connectivity index (χ1v) is 11.4. The second-order valence-corrected chi connectivity index (χ2v) is 8.47. The lowest BCUT2D eigenvalue weighted by Crippen LogP contribution is -2.49. The maximum Gasteiger partial charge on any atom is 0.340 e. The van der Waals surface area contributed by atoms with Gasteiger partial charge in [-0.2, -0.15) is 0 Å². The summed E-state index contributed by atoms with van der Waals surface area (Å²) in [6.07, 6.45) is -0.213. The van der Waals surface area contributed by atoms with Crippen molar-refractivity contribution in [3.63, 3.8) is 0 Å². The number of esters is 2. The zero-order chi connectivity index (χ0) is 26.0. The second kappa shape index (κ2) is 10.2. The number of hydrogen-bond donors (Lipinski definition) is 0. The fraction of sp³-hybridized carbons (Fsp3) is 0.308. The fourth-order valence-electron chi connectivity index (χ4n) is 4.31. The van der Waals surface area contributed by atoms with Gasteiger partial charge in [0.15, 0.2) is 0 Å². The number of ether oxygens (including phenoxy) is 2. The molecule has 0 radical (unpaired) electrons. The Morgan fingerprint density at radius 2 is 1.67 bits per heavy atom. The lowest BCUT2D eigenvalue weighted by molar-refractivity contribution is -0.132. The third-order valence-corrected chi connectivity index (χ3v) is 5.99. The lowest BCUT2D eigenvalue weighted by Gasteiger charge is -2.36. The Morgan fingerprint density at radius 1 is 1.00 bits per heavy atom. The van der Waals surface area contributed by atoms with Crippen LogP contribution in [0.1, 0.15) is 25.0 Å². The summed E-state index contributed by atoms with van der Waals surface area (Å²) in [5.41, 5.74) is 0.388. The zero-order valence-electron chi connectivity index (χ0n) is 20.1. The first kappa shape index (κ1) is 24.9. The van der Waals surface area contributed by atoms with Crippen LogP contribution in [0.15, 0.2) is 45.6 Å². The van der Waals surface area contributed by atoms with Gasteiger partial charge in [0, 0.05) is 52.2 Å². The number of benzene rings is 2. The van der Waals surface area contributed by atoms with Gasteiger partial charge in [0.1, 0.15) is 22.9 Å². The molecule has 1 saturated heterocycles. The molecule has 188 valence electrons. The van der Waals surface area contributed by atoms with Crippen molar-refractivity contribution in [2.75, 3.05) is 31.1 Å². The predicted molar refractivity (Wildman–Crippen MR) is 129 cm³/mol. The summed E-state index contributed by atoms with van der Waals surface area (Å²) in [5, 5.41) is 0.327. The molecule has 1 amide bonds. The van der Waals surface area contributed by atoms with E-state index in [1.165, 1.54) is 32.0 Å². The van der Waals surface area contributed by atoms with E-state index in [2.05, 4.69) is 0 Å². The van der Waals surface area contributed by atoms with Gasteiger partial charge in [0.25, 0.3) is 0 Å². The number of hydrogen-bond acceptors (Lipinski definition) is 8. The molecule has 2 aromatic carbocycles. The first-order valence-electron chi connectivity index (χ1n) is 11.4. The Balaban J connectivity index is 1.59. The fourth-order valence-corrected chi connectivity index (χ4v) is 4.31. The van der Waals surface area contributed by atoms with Gasteiger partial charge in [0.2, 0.25) is 5.91 Å². The quantitative estimate of drug-likeness (QED) is 0.302. The van der Waals surface area contributed by atoms with Gasteiger partial charge in [-0.05, 0) is 24.6 Å². The van der Waals surface area contributed by atoms with Crippen LogP contribution in [0.4, 0.5) is 10.1 Å². The van der Waals surface area contributed by atoms with Crippen LogP contribution in [0.25, 0.3) is 11.0 Å². The van der Waals surface area contributed by atoms with Crippen molar-refractivity contribution < 1.29 is 32.7 Å². The van der Waals surface area contributed by atoms with Crippen LogP contribution >= 0.6 is 0 Å². The van der Waals surface area contributed by atoms with Crippen molar-refractivity contribution in [2.24, 2.45) is 0 Å². The SMILES string of the molecule is CC(=O)Oc1cc(OC(C)=O)c2c(C)c(CC(=O)N3CCN(c4ccccc4F)CC3)c(=O)oc2c1. The van der Waals surface area contributed by atoms with Crippen LogP contribution in [0.5, 0.6) is 11.5 Å². The highest BCUT2D eigenvalue weighted by Gasteiger charge is 2.26. The van der Waals surface area contributed by atoms with Crippen molar-refractivity contribution in [2.45, 2.75) is 27.2 Å². The molecule has 0 aliphatic carbocycles. The molecule has 0 spiro atoms. The van der Waals surface area contributed by atoms with Gasteiger partial charge < -0.3 is 23.7 Å². The van der Waals surface area contributed by atoms with E-state index in [1.807, 2.05) is 4.90 Å². The molecule has 3 aromatic rings. The summed E-state index contributed by atoms with van der Waals surface area (Å²) >= 11 is 0. The normalized spacial score (nSPS) is 13.6. The highest BCUT2D eigenvalue weighted by molar-refractivity contribution is 5.92. The highest BCUT2D eigenvalue weighted by atomic mass is 19.1. The molecule has 2 heterocycles. The Labute approximate surface area is 206 Å². The molecule has 0 bridgehead atoms. The molecule has 1 aliphatic heterocycles. The zero-order valence-corrected chi connectivity index (χ0v) is 20.1. The number of para-hydroxylation sites is 1. The van der Waals surface area contributed by atoms with Crippen molar-refractivity contribution in [3.05, 3.63) is 63.8 Å². The van der Waals surface area contributed by atoms with Crippen molar-refractivity contribution in [1.82, 2.24) is 4.90 Å². The first-order chi connectivity index (χ1) is 17.1. The maximum atomic E-state index is 14.1. The van der Waals surface area contributed by atoms with Gasteiger partial charge in [-0.25, -0.2) is 9.18 Å². The number of piperazine rings is 1. The Bertz CT molecular complexity index is 1410. The topological polar surface area (TPSA) is 106 Å². The third kappa shape index (κ3) is 5.22. The summed E-state index contributed by atoms with van der Waals surface area (Å²) in [6, 6.07) is 9.19. The average Bonchev–Trinajstić information content (AvgIpc) is 2.81. The largest absolute Gasteiger partial charge is 0.426 e. The molecule has 36 heavy (non-hydrogen) atoms. The number of nitrogens with zero attached hydrogens (tertiary/aromatic N) is 2. The molecule has 0 N–H and O–H groups in total. The monoisotopic (exact) mass is 496 g/mol. The Hall–Kier alpha value is -4.21. The molecule has 0 saturated carbocycles. The van der Waals surface area contributed by atoms with E-state index in [4.69, 9.17) is 13.9 Å². The van der Waals surface area contributed by atoms with Crippen LogP contribution in [-0.2, 0) is 20.8 Å². The van der Waals surface area contributed by atoms with Crippen molar-refractivity contribution >= 4 is 34.5 Å². The minimum atomic E-state index is -0.716. The minimum Gasteiger partial charge on any atom is -0.426 e. The Morgan fingerprint density at radius 3 is 2.31 bits per heavy atom. The van der Waals surface area contributed by atoms with E-state index in [1.54, 1.807) is 30.0 Å². The van der Waals surface area contributed by atoms with Crippen molar-refractivity contribution in [3.8, 4) is 11.5 Å². The lowest BCUT2D eigenvalue weighted by atomic mass is 10.0. The van der Waals surface area contributed by atoms with Crippen molar-refractivity contribution in [1.29, 1.82) is 0 Å². The summed E-state index contributed by atoms with van der Waals surface area (Å²) in [6.45, 7) is 5.70. The summed E-state index contributed by atoms with van der Waals surface area (Å²) in [7, 11) is 0. The smallest absolute Gasteiger partial charge is 0.340 e. The predicted octanol–water partition coefficient (Wildman–Crippen LogP) is 2.98. The molecule has 1 aromatic heterocycles. The number of halogens is 1. The molecular formula is C26H25FN2O7. The molecule has 1 aliphatic rings. The van der Waals surface area contributed by atoms with Gasteiger partial charge >= 0.3 is 17.6 Å². The molecular weight excluding hydrogens is 471 g/mol. The van der Waals surface area contributed by atoms with E-state index in [-0.39, 0.29) is 40.8 Å².